The topological polar surface area (TPSA) is 247 Å². The Morgan fingerprint density at radius 1 is 0.348 bits per heavy atom. The van der Waals surface area contributed by atoms with E-state index in [9.17, 15) is 38.9 Å². The molecule has 6 bridgehead atoms. The van der Waals surface area contributed by atoms with Gasteiger partial charge in [-0.05, 0) is 0 Å². The molecule has 3 N–H and O–H groups in total. The zero-order chi connectivity index (χ0) is 47.0. The summed E-state index contributed by atoms with van der Waals surface area (Å²) in [4.78, 5) is 30.4. The van der Waals surface area contributed by atoms with Crippen molar-refractivity contribution < 1.29 is 38.9 Å². The summed E-state index contributed by atoms with van der Waals surface area (Å²) in [6.07, 6.45) is 0. The molecular weight excluding hydrogens is 998 g/mol. The van der Waals surface area contributed by atoms with Gasteiger partial charge in [-0.25, -0.2) is 0 Å². The zero-order valence-electron chi connectivity index (χ0n) is 34.8. The normalized spacial score (nSPS) is 15.1. The van der Waals surface area contributed by atoms with Gasteiger partial charge in [0, 0.05) is 0 Å². The predicted molar refractivity (Wildman–Crippen MR) is 261 cm³/mol. The van der Waals surface area contributed by atoms with Crippen LogP contribution in [0.4, 0.5) is 11.6 Å². The van der Waals surface area contributed by atoms with Crippen LogP contribution in [-0.4, -0.2) is 86.7 Å². The first-order valence-electron chi connectivity index (χ1n) is 20.9. The van der Waals surface area contributed by atoms with Crippen LogP contribution >= 0.6 is 0 Å². The standard InChI is InChI=1S/C48H24N8O9S3.Ga/c57-66(58,59)38-11-3-8-24-16-32-35(19-27(24)38)47-52-43(32)50-41-30-14-22-6-1-2-7-23(22)15-31(30)42(49-41)51-46-36-20-28-25(9-4-12-39(28)67(60,61)62)17-33(36)44(53-46)55-48-37-21-29-26(18-34(37)45(54-47)56-48)10-5-13-40(29)68(63,64)65;/h1-21H,(H3-2,49,50,51,52,53,54,55,56,57,58,59,60,61,62,63,64,65);/q-2;+2. The molecule has 14 rings (SSSR count). The Morgan fingerprint density at radius 2 is 0.710 bits per heavy atom. The number of amidine groups is 4. The average Bonchev–Trinajstić information content (AvgIpc) is 3.99. The molecule has 0 saturated heterocycles. The van der Waals surface area contributed by atoms with Gasteiger partial charge in [-0.2, -0.15) is 0 Å². The van der Waals surface area contributed by atoms with Crippen LogP contribution in [0, 0.1) is 0 Å². The first-order valence-corrected chi connectivity index (χ1v) is 27.4. The quantitative estimate of drug-likeness (QED) is 0.124. The molecule has 0 atom stereocenters. The van der Waals surface area contributed by atoms with Crippen molar-refractivity contribution in [1.82, 2.24) is 6.55 Å². The fourth-order valence-corrected chi connectivity index (χ4v) is 15.1. The van der Waals surface area contributed by atoms with Gasteiger partial charge in [-0.15, -0.1) is 0 Å². The molecule has 10 aromatic rings. The predicted octanol–water partition coefficient (Wildman–Crippen LogP) is 6.82. The Morgan fingerprint density at radius 3 is 1.20 bits per heavy atom. The number of aliphatic imine (C=N–C) groups is 4. The summed E-state index contributed by atoms with van der Waals surface area (Å²) in [6, 6.07) is 35.7. The van der Waals surface area contributed by atoms with Crippen molar-refractivity contribution >= 4 is 148 Å². The van der Waals surface area contributed by atoms with Crippen LogP contribution in [0.3, 0.4) is 0 Å². The molecule has 21 heteroatoms. The molecule has 6 heterocycles. The molecule has 331 valence electrons. The summed E-state index contributed by atoms with van der Waals surface area (Å²) in [5, 5.41) is 5.93. The third-order valence-corrected chi connectivity index (χ3v) is 18.8. The van der Waals surface area contributed by atoms with Crippen LogP contribution in [-0.2, 0) is 30.4 Å². The summed E-state index contributed by atoms with van der Waals surface area (Å²) >= 11 is -2.33. The summed E-state index contributed by atoms with van der Waals surface area (Å²) < 4.78 is 112. The van der Waals surface area contributed by atoms with E-state index in [1.165, 1.54) is 30.3 Å². The first-order chi connectivity index (χ1) is 33.0. The second-order valence-corrected chi connectivity index (χ2v) is 23.7. The molecule has 4 aliphatic rings. The molecular formula is C48H24GaN8O9S3. The molecule has 8 aromatic carbocycles. The summed E-state index contributed by atoms with van der Waals surface area (Å²) in [7, 11) is -14.1. The van der Waals surface area contributed by atoms with Gasteiger partial charge in [0.05, 0.1) is 0 Å². The zero-order valence-corrected chi connectivity index (χ0v) is 39.7. The van der Waals surface area contributed by atoms with Crippen molar-refractivity contribution in [3.05, 3.63) is 161 Å². The maximum absolute atomic E-state index is 12.9. The number of hydrogen-bond acceptors (Lipinski definition) is 12. The van der Waals surface area contributed by atoms with Crippen molar-refractivity contribution in [2.75, 3.05) is 0 Å². The molecule has 0 aliphatic carbocycles. The summed E-state index contributed by atoms with van der Waals surface area (Å²) in [6.45, 7) is 0. The molecule has 2 aromatic heterocycles. The van der Waals surface area contributed by atoms with Crippen molar-refractivity contribution in [2.45, 2.75) is 14.7 Å². The van der Waals surface area contributed by atoms with Crippen LogP contribution in [0.2, 0.25) is 0 Å². The van der Waals surface area contributed by atoms with Crippen LogP contribution in [0.1, 0.15) is 22.3 Å². The first kappa shape index (κ1) is 40.6. The van der Waals surface area contributed by atoms with Gasteiger partial charge in [0.2, 0.25) is 0 Å². The van der Waals surface area contributed by atoms with Crippen LogP contribution in [0.25, 0.3) is 64.6 Å². The Kier molecular flexibility index (Phi) is 8.01. The Labute approximate surface area is 396 Å². The van der Waals surface area contributed by atoms with Gasteiger partial charge in [0.25, 0.3) is 0 Å². The number of benzene rings is 8. The fourth-order valence-electron chi connectivity index (χ4n) is 9.98. The van der Waals surface area contributed by atoms with Crippen molar-refractivity contribution in [1.29, 1.82) is 0 Å². The fraction of sp³-hybridized carbons (Fsp3) is 0. The minimum absolute atomic E-state index is 0.137. The molecule has 0 unspecified atom stereocenters. The van der Waals surface area contributed by atoms with Gasteiger partial charge in [0.15, 0.2) is 0 Å². The molecule has 0 saturated carbocycles. The van der Waals surface area contributed by atoms with Gasteiger partial charge >= 0.3 is 399 Å². The van der Waals surface area contributed by atoms with E-state index in [0.717, 1.165) is 10.8 Å². The van der Waals surface area contributed by atoms with Gasteiger partial charge in [-0.3, -0.25) is 0 Å². The Hall–Kier alpha value is -7.47. The Balaban J connectivity index is 1.22. The molecule has 0 amide bonds. The van der Waals surface area contributed by atoms with Crippen LogP contribution in [0.15, 0.2) is 172 Å². The van der Waals surface area contributed by atoms with E-state index in [4.69, 9.17) is 30.0 Å². The van der Waals surface area contributed by atoms with Crippen molar-refractivity contribution in [2.24, 2.45) is 30.0 Å². The molecule has 1 radical (unpaired) electrons. The number of nitrogens with zero attached hydrogens (tertiary/aromatic N) is 8. The van der Waals surface area contributed by atoms with E-state index in [0.29, 0.717) is 94.2 Å². The molecule has 0 spiro atoms. The van der Waals surface area contributed by atoms with E-state index < -0.39 is 48.2 Å². The van der Waals surface area contributed by atoms with Crippen LogP contribution < -0.4 is 11.0 Å². The van der Waals surface area contributed by atoms with Gasteiger partial charge < -0.3 is 0 Å². The third kappa shape index (κ3) is 5.90. The van der Waals surface area contributed by atoms with E-state index in [-0.39, 0.29) is 42.5 Å². The molecule has 0 fully saturated rings. The molecule has 4 aliphatic heterocycles. The molecule has 69 heavy (non-hydrogen) atoms. The number of aromatic nitrogens is 2. The van der Waals surface area contributed by atoms with Gasteiger partial charge in [0.1, 0.15) is 0 Å². The van der Waals surface area contributed by atoms with Crippen molar-refractivity contribution in [3.63, 3.8) is 0 Å². The van der Waals surface area contributed by atoms with E-state index in [1.54, 1.807) is 60.7 Å². The second-order valence-electron chi connectivity index (χ2n) is 16.9. The van der Waals surface area contributed by atoms with Crippen molar-refractivity contribution in [3.8, 4) is 0 Å². The Bertz CT molecular complexity index is 4850. The van der Waals surface area contributed by atoms with Crippen LogP contribution in [0.5, 0.6) is 0 Å². The number of rotatable bonds is 3. The summed E-state index contributed by atoms with van der Waals surface area (Å²) in [5.41, 5.74) is 2.96. The van der Waals surface area contributed by atoms with E-state index in [2.05, 4.69) is 0 Å². The monoisotopic (exact) mass is 1020 g/mol. The average molecular weight is 1020 g/mol. The van der Waals surface area contributed by atoms with Gasteiger partial charge in [-0.1, -0.05) is 0 Å². The number of hydrogen-bond donors (Lipinski definition) is 3. The minimum atomic E-state index is -4.72. The van der Waals surface area contributed by atoms with E-state index in [1.807, 2.05) is 42.9 Å². The molecule has 17 nitrogen and oxygen atoms in total. The number of fused-ring (bicyclic) bond motifs is 18. The maximum atomic E-state index is 12.9. The third-order valence-electron chi connectivity index (χ3n) is 13.0. The second kappa shape index (κ2) is 13.6. The van der Waals surface area contributed by atoms with E-state index >= 15 is 0 Å². The summed E-state index contributed by atoms with van der Waals surface area (Å²) in [5.74, 6) is 1.68. The SMILES string of the molecule is O=S(=O)(O)c1cccc2cc3c(cc12)C1=Nc2c4cc5cccc(S(=O)(=O)O)c5cc4c4[n]2[Ga][n]2c(c5cc6cccc(S(=O)(=O)O)c6cc5c2=NC3=N1)=NC1=NC(=N4)c2cc3ccccc3cc21.